The molecule has 1 aromatic carbocycles. The zero-order chi connectivity index (χ0) is 13.8. The summed E-state index contributed by atoms with van der Waals surface area (Å²) in [5, 5.41) is 3.84. The number of aromatic nitrogens is 3. The number of benzene rings is 1. The molecule has 1 amide bonds. The van der Waals surface area contributed by atoms with Gasteiger partial charge in [-0.1, -0.05) is 6.07 Å². The summed E-state index contributed by atoms with van der Waals surface area (Å²) in [6.45, 7) is 2.24. The molecule has 1 N–H and O–H groups in total. The fourth-order valence-electron chi connectivity index (χ4n) is 1.57. The molecular weight excluding hydrogens is 248 g/mol. The molecule has 7 heteroatoms. The van der Waals surface area contributed by atoms with E-state index in [1.54, 1.807) is 31.2 Å². The lowest BCUT2D eigenvalue weighted by atomic mass is 10.2. The number of carbonyl (C=O) groups is 1. The molecule has 0 bridgehead atoms. The van der Waals surface area contributed by atoms with Gasteiger partial charge in [0.1, 0.15) is 12.1 Å². The van der Waals surface area contributed by atoms with Gasteiger partial charge in [-0.25, -0.2) is 9.48 Å². The quantitative estimate of drug-likeness (QED) is 0.868. The third-order valence-corrected chi connectivity index (χ3v) is 2.59. The maximum Gasteiger partial charge on any atom is 0.364 e. The van der Waals surface area contributed by atoms with Gasteiger partial charge in [0.25, 0.3) is 5.91 Å². The number of methoxy groups -OCH3 is 1. The maximum absolute atomic E-state index is 12.0. The van der Waals surface area contributed by atoms with Crippen molar-refractivity contribution >= 4 is 5.91 Å². The minimum Gasteiger partial charge on any atom is -0.497 e. The Morgan fingerprint density at radius 1 is 1.47 bits per heavy atom. The standard InChI is InChI=1S/C12H14N4O3/c1-3-15-12(18)16(8-13-15)14-11(17)9-5-4-6-10(7-9)19-2/h4-8H,3H2,1-2H3,(H,14,17). The Labute approximate surface area is 109 Å². The van der Waals surface area contributed by atoms with E-state index >= 15 is 0 Å². The van der Waals surface area contributed by atoms with E-state index < -0.39 is 11.6 Å². The summed E-state index contributed by atoms with van der Waals surface area (Å²) in [6.07, 6.45) is 1.27. The molecule has 2 rings (SSSR count). The van der Waals surface area contributed by atoms with Crippen molar-refractivity contribution in [3.8, 4) is 5.75 Å². The molecule has 7 nitrogen and oxygen atoms in total. The summed E-state index contributed by atoms with van der Waals surface area (Å²) in [6, 6.07) is 6.65. The lowest BCUT2D eigenvalue weighted by Gasteiger charge is -2.05. The number of amides is 1. The number of hydrogen-bond donors (Lipinski definition) is 1. The second-order valence-electron chi connectivity index (χ2n) is 3.77. The van der Waals surface area contributed by atoms with Crippen molar-refractivity contribution in [2.45, 2.75) is 13.5 Å². The van der Waals surface area contributed by atoms with Crippen molar-refractivity contribution in [2.75, 3.05) is 12.5 Å². The predicted octanol–water partition coefficient (Wildman–Crippen LogP) is 0.457. The van der Waals surface area contributed by atoms with Crippen LogP contribution in [0, 0.1) is 0 Å². The molecule has 0 spiro atoms. The summed E-state index contributed by atoms with van der Waals surface area (Å²) >= 11 is 0. The largest absolute Gasteiger partial charge is 0.497 e. The highest BCUT2D eigenvalue weighted by Crippen LogP contribution is 2.12. The van der Waals surface area contributed by atoms with Gasteiger partial charge in [-0.05, 0) is 25.1 Å². The van der Waals surface area contributed by atoms with Gasteiger partial charge >= 0.3 is 5.69 Å². The van der Waals surface area contributed by atoms with E-state index in [9.17, 15) is 9.59 Å². The van der Waals surface area contributed by atoms with Gasteiger partial charge in [0.05, 0.1) is 7.11 Å². The van der Waals surface area contributed by atoms with Crippen molar-refractivity contribution in [3.05, 3.63) is 46.6 Å². The van der Waals surface area contributed by atoms with E-state index in [2.05, 4.69) is 10.5 Å². The molecule has 19 heavy (non-hydrogen) atoms. The van der Waals surface area contributed by atoms with Crippen LogP contribution in [-0.2, 0) is 6.54 Å². The van der Waals surface area contributed by atoms with Crippen LogP contribution in [0.1, 0.15) is 17.3 Å². The molecule has 2 aromatic rings. The van der Waals surface area contributed by atoms with Crippen LogP contribution in [-0.4, -0.2) is 27.5 Å². The van der Waals surface area contributed by atoms with E-state index in [1.807, 2.05) is 0 Å². The molecule has 100 valence electrons. The van der Waals surface area contributed by atoms with Crippen LogP contribution in [0.5, 0.6) is 5.75 Å². The number of hydrogen-bond acceptors (Lipinski definition) is 4. The first-order valence-corrected chi connectivity index (χ1v) is 5.75. The second-order valence-corrected chi connectivity index (χ2v) is 3.77. The van der Waals surface area contributed by atoms with Crippen LogP contribution >= 0.6 is 0 Å². The summed E-state index contributed by atoms with van der Waals surface area (Å²) in [7, 11) is 1.52. The van der Waals surface area contributed by atoms with E-state index in [0.717, 1.165) is 4.68 Å². The lowest BCUT2D eigenvalue weighted by molar-refractivity contribution is 0.101. The van der Waals surface area contributed by atoms with Gasteiger partial charge in [0.2, 0.25) is 0 Å². The number of carbonyl (C=O) groups excluding carboxylic acids is 1. The lowest BCUT2D eigenvalue weighted by Crippen LogP contribution is -2.33. The predicted molar refractivity (Wildman–Crippen MR) is 68.8 cm³/mol. The van der Waals surface area contributed by atoms with Crippen molar-refractivity contribution in [2.24, 2.45) is 0 Å². The molecule has 0 atom stereocenters. The topological polar surface area (TPSA) is 78.2 Å². The van der Waals surface area contributed by atoms with Crippen LogP contribution in [0.4, 0.5) is 0 Å². The summed E-state index contributed by atoms with van der Waals surface area (Å²) in [4.78, 5) is 23.7. The summed E-state index contributed by atoms with van der Waals surface area (Å²) < 4.78 is 7.32. The van der Waals surface area contributed by atoms with E-state index in [-0.39, 0.29) is 0 Å². The van der Waals surface area contributed by atoms with Gasteiger partial charge in [-0.2, -0.15) is 9.77 Å². The Morgan fingerprint density at radius 2 is 2.26 bits per heavy atom. The number of ether oxygens (including phenoxy) is 1. The van der Waals surface area contributed by atoms with Crippen LogP contribution in [0.3, 0.4) is 0 Å². The Hall–Kier alpha value is -2.57. The van der Waals surface area contributed by atoms with Crippen molar-refractivity contribution in [1.82, 2.24) is 14.5 Å². The monoisotopic (exact) mass is 262 g/mol. The molecule has 1 heterocycles. The number of nitrogens with zero attached hydrogens (tertiary/aromatic N) is 3. The van der Waals surface area contributed by atoms with Gasteiger partial charge < -0.3 is 4.74 Å². The summed E-state index contributed by atoms with van der Waals surface area (Å²) in [5.74, 6) is 0.168. The number of rotatable bonds is 4. The molecule has 0 aliphatic heterocycles. The second kappa shape index (κ2) is 5.38. The normalized spacial score (nSPS) is 10.2. The Balaban J connectivity index is 2.20. The Morgan fingerprint density at radius 3 is 2.89 bits per heavy atom. The zero-order valence-corrected chi connectivity index (χ0v) is 10.7. The van der Waals surface area contributed by atoms with Crippen LogP contribution in [0.2, 0.25) is 0 Å². The highest BCUT2D eigenvalue weighted by Gasteiger charge is 2.10. The van der Waals surface area contributed by atoms with Crippen LogP contribution in [0.25, 0.3) is 0 Å². The van der Waals surface area contributed by atoms with Crippen LogP contribution < -0.4 is 15.9 Å². The molecule has 0 saturated carbocycles. The average molecular weight is 262 g/mol. The van der Waals surface area contributed by atoms with Crippen molar-refractivity contribution in [1.29, 1.82) is 0 Å². The van der Waals surface area contributed by atoms with Crippen LogP contribution in [0.15, 0.2) is 35.4 Å². The molecular formula is C12H14N4O3. The number of aryl methyl sites for hydroxylation is 1. The Bertz CT molecular complexity index is 644. The molecule has 1 aromatic heterocycles. The first kappa shape index (κ1) is 12.9. The first-order chi connectivity index (χ1) is 9.15. The Kier molecular flexibility index (Phi) is 3.65. The SMILES string of the molecule is CCn1ncn(NC(=O)c2cccc(OC)c2)c1=O. The molecule has 0 unspecified atom stereocenters. The maximum atomic E-state index is 12.0. The third-order valence-electron chi connectivity index (χ3n) is 2.59. The fourth-order valence-corrected chi connectivity index (χ4v) is 1.57. The fraction of sp³-hybridized carbons (Fsp3) is 0.250. The highest BCUT2D eigenvalue weighted by molar-refractivity contribution is 6.00. The molecule has 0 fully saturated rings. The molecule has 0 aliphatic rings. The van der Waals surface area contributed by atoms with Gasteiger partial charge in [-0.15, -0.1) is 0 Å². The minimum absolute atomic E-state index is 0.390. The first-order valence-electron chi connectivity index (χ1n) is 5.75. The zero-order valence-electron chi connectivity index (χ0n) is 10.7. The average Bonchev–Trinajstić information content (AvgIpc) is 2.79. The van der Waals surface area contributed by atoms with E-state index in [0.29, 0.717) is 17.9 Å². The van der Waals surface area contributed by atoms with Crippen molar-refractivity contribution < 1.29 is 9.53 Å². The molecule has 0 aliphatic carbocycles. The molecule has 0 radical (unpaired) electrons. The van der Waals surface area contributed by atoms with Crippen molar-refractivity contribution in [3.63, 3.8) is 0 Å². The number of nitrogens with one attached hydrogen (secondary N) is 1. The highest BCUT2D eigenvalue weighted by atomic mass is 16.5. The van der Waals surface area contributed by atoms with Gasteiger partial charge in [0, 0.05) is 12.1 Å². The molecule has 0 saturated heterocycles. The van der Waals surface area contributed by atoms with E-state index in [1.165, 1.54) is 18.1 Å². The smallest absolute Gasteiger partial charge is 0.364 e. The van der Waals surface area contributed by atoms with Gasteiger partial charge in [-0.3, -0.25) is 10.2 Å². The minimum atomic E-state index is -0.406. The van der Waals surface area contributed by atoms with Gasteiger partial charge in [0.15, 0.2) is 0 Å². The summed E-state index contributed by atoms with van der Waals surface area (Å²) in [5.41, 5.74) is 2.47. The third kappa shape index (κ3) is 2.65. The van der Waals surface area contributed by atoms with E-state index in [4.69, 9.17) is 4.74 Å².